The van der Waals surface area contributed by atoms with Crippen molar-refractivity contribution in [3.05, 3.63) is 64.0 Å². The molecule has 1 aromatic carbocycles. The highest BCUT2D eigenvalue weighted by molar-refractivity contribution is 5.60. The molecule has 0 fully saturated rings. The Kier molecular flexibility index (Phi) is 3.23. The lowest BCUT2D eigenvalue weighted by Gasteiger charge is -2.12. The molecule has 1 unspecified atom stereocenters. The van der Waals surface area contributed by atoms with Gasteiger partial charge in [0.2, 0.25) is 0 Å². The Morgan fingerprint density at radius 3 is 2.72 bits per heavy atom. The Bertz CT molecular complexity index is 570. The van der Waals surface area contributed by atoms with Crippen molar-refractivity contribution in [2.24, 2.45) is 0 Å². The third kappa shape index (κ3) is 2.29. The van der Waals surface area contributed by atoms with Crippen LogP contribution in [0.2, 0.25) is 0 Å². The molecule has 92 valence electrons. The molecule has 5 nitrogen and oxygen atoms in total. The van der Waals surface area contributed by atoms with E-state index in [1.165, 1.54) is 6.07 Å². The summed E-state index contributed by atoms with van der Waals surface area (Å²) in [7, 11) is 0. The number of pyridine rings is 1. The lowest BCUT2D eigenvalue weighted by molar-refractivity contribution is -0.384. The summed E-state index contributed by atoms with van der Waals surface area (Å²) < 4.78 is 0. The molecule has 2 N–H and O–H groups in total. The molecule has 0 aliphatic carbocycles. The molecule has 5 heteroatoms. The highest BCUT2D eigenvalue weighted by atomic mass is 16.6. The maximum absolute atomic E-state index is 10.8. The van der Waals surface area contributed by atoms with Gasteiger partial charge in [-0.2, -0.15) is 0 Å². The number of benzene rings is 1. The number of nitro benzene ring substituents is 1. The second-order valence-corrected chi connectivity index (χ2v) is 4.08. The van der Waals surface area contributed by atoms with Gasteiger partial charge in [0.25, 0.3) is 5.69 Å². The molecule has 1 atom stereocenters. The van der Waals surface area contributed by atoms with Crippen LogP contribution in [0.15, 0.2) is 42.7 Å². The van der Waals surface area contributed by atoms with Crippen molar-refractivity contribution < 1.29 is 4.92 Å². The van der Waals surface area contributed by atoms with E-state index in [0.717, 1.165) is 11.1 Å². The monoisotopic (exact) mass is 243 g/mol. The quantitative estimate of drug-likeness (QED) is 0.510. The number of nitrogens with two attached hydrogens (primary N) is 1. The van der Waals surface area contributed by atoms with Gasteiger partial charge in [-0.1, -0.05) is 19.1 Å². The fourth-order valence-electron chi connectivity index (χ4n) is 1.81. The molecule has 0 amide bonds. The van der Waals surface area contributed by atoms with Crippen LogP contribution in [-0.4, -0.2) is 9.91 Å². The number of anilines is 1. The molecule has 0 saturated heterocycles. The predicted octanol–water partition coefficient (Wildman–Crippen LogP) is 2.72. The van der Waals surface area contributed by atoms with Crippen LogP contribution in [0.3, 0.4) is 0 Å². The molecule has 0 radical (unpaired) electrons. The van der Waals surface area contributed by atoms with Gasteiger partial charge in [0.15, 0.2) is 0 Å². The zero-order valence-electron chi connectivity index (χ0n) is 9.91. The molecular formula is C13H13N3O2. The van der Waals surface area contributed by atoms with Crippen LogP contribution < -0.4 is 5.73 Å². The first kappa shape index (κ1) is 12.0. The molecule has 0 aliphatic rings. The number of nitro groups is 1. The lowest BCUT2D eigenvalue weighted by Crippen LogP contribution is -2.00. The third-order valence-corrected chi connectivity index (χ3v) is 2.94. The largest absolute Gasteiger partial charge is 0.393 e. The standard InChI is InChI=1S/C13H13N3O2/c1-9(11-3-2-6-15-8-11)10-4-5-12(14)13(7-10)16(17)18/h2-9H,14H2,1H3. The number of hydrogen-bond donors (Lipinski definition) is 1. The number of nitrogens with zero attached hydrogens (tertiary/aromatic N) is 2. The predicted molar refractivity (Wildman–Crippen MR) is 69.3 cm³/mol. The minimum Gasteiger partial charge on any atom is -0.393 e. The molecule has 0 saturated carbocycles. The highest BCUT2D eigenvalue weighted by Crippen LogP contribution is 2.29. The molecule has 0 aliphatic heterocycles. The summed E-state index contributed by atoms with van der Waals surface area (Å²) in [6.07, 6.45) is 3.45. The SMILES string of the molecule is CC(c1cccnc1)c1ccc(N)c([N+](=O)[O-])c1. The van der Waals surface area contributed by atoms with Crippen LogP contribution in [-0.2, 0) is 0 Å². The van der Waals surface area contributed by atoms with E-state index in [1.54, 1.807) is 24.5 Å². The van der Waals surface area contributed by atoms with Crippen molar-refractivity contribution in [2.75, 3.05) is 5.73 Å². The van der Waals surface area contributed by atoms with Crippen molar-refractivity contribution in [1.82, 2.24) is 4.98 Å². The lowest BCUT2D eigenvalue weighted by atomic mass is 9.94. The van der Waals surface area contributed by atoms with Crippen LogP contribution in [0.4, 0.5) is 11.4 Å². The number of hydrogen-bond acceptors (Lipinski definition) is 4. The smallest absolute Gasteiger partial charge is 0.292 e. The fourth-order valence-corrected chi connectivity index (χ4v) is 1.81. The Balaban J connectivity index is 2.40. The van der Waals surface area contributed by atoms with Crippen molar-refractivity contribution in [1.29, 1.82) is 0 Å². The number of nitrogen functional groups attached to an aromatic ring is 1. The van der Waals surface area contributed by atoms with E-state index in [0.29, 0.717) is 0 Å². The van der Waals surface area contributed by atoms with Crippen molar-refractivity contribution in [3.8, 4) is 0 Å². The summed E-state index contributed by atoms with van der Waals surface area (Å²) in [4.78, 5) is 14.4. The fraction of sp³-hybridized carbons (Fsp3) is 0.154. The van der Waals surface area contributed by atoms with E-state index < -0.39 is 4.92 Å². The van der Waals surface area contributed by atoms with Gasteiger partial charge in [-0.05, 0) is 23.3 Å². The van der Waals surface area contributed by atoms with Gasteiger partial charge < -0.3 is 5.73 Å². The van der Waals surface area contributed by atoms with Crippen molar-refractivity contribution in [2.45, 2.75) is 12.8 Å². The molecular weight excluding hydrogens is 230 g/mol. The molecule has 1 heterocycles. The number of rotatable bonds is 3. The van der Waals surface area contributed by atoms with Gasteiger partial charge >= 0.3 is 0 Å². The summed E-state index contributed by atoms with van der Waals surface area (Å²) in [5, 5.41) is 10.8. The highest BCUT2D eigenvalue weighted by Gasteiger charge is 2.16. The van der Waals surface area contributed by atoms with Crippen LogP contribution in [0.1, 0.15) is 24.0 Å². The normalized spacial score (nSPS) is 12.1. The van der Waals surface area contributed by atoms with E-state index in [9.17, 15) is 10.1 Å². The zero-order chi connectivity index (χ0) is 13.1. The average Bonchev–Trinajstić information content (AvgIpc) is 2.39. The first-order valence-electron chi connectivity index (χ1n) is 5.53. The number of aromatic nitrogens is 1. The maximum Gasteiger partial charge on any atom is 0.292 e. The van der Waals surface area contributed by atoms with Crippen LogP contribution in [0.25, 0.3) is 0 Å². The molecule has 2 aromatic rings. The van der Waals surface area contributed by atoms with Crippen LogP contribution in [0, 0.1) is 10.1 Å². The van der Waals surface area contributed by atoms with Gasteiger partial charge in [-0.25, -0.2) is 0 Å². The second kappa shape index (κ2) is 4.83. The van der Waals surface area contributed by atoms with Crippen molar-refractivity contribution in [3.63, 3.8) is 0 Å². The third-order valence-electron chi connectivity index (χ3n) is 2.94. The van der Waals surface area contributed by atoms with Gasteiger partial charge in [0, 0.05) is 24.4 Å². The zero-order valence-corrected chi connectivity index (χ0v) is 9.91. The summed E-state index contributed by atoms with van der Waals surface area (Å²) in [6, 6.07) is 8.69. The molecule has 0 bridgehead atoms. The second-order valence-electron chi connectivity index (χ2n) is 4.08. The average molecular weight is 243 g/mol. The van der Waals surface area contributed by atoms with Gasteiger partial charge in [-0.3, -0.25) is 15.1 Å². The van der Waals surface area contributed by atoms with Gasteiger partial charge in [0.1, 0.15) is 5.69 Å². The topological polar surface area (TPSA) is 82.0 Å². The Morgan fingerprint density at radius 1 is 1.33 bits per heavy atom. The van der Waals surface area contributed by atoms with Gasteiger partial charge in [0.05, 0.1) is 4.92 Å². The Morgan fingerprint density at radius 2 is 2.11 bits per heavy atom. The minimum absolute atomic E-state index is 0.0398. The van der Waals surface area contributed by atoms with E-state index in [4.69, 9.17) is 5.73 Å². The summed E-state index contributed by atoms with van der Waals surface area (Å²) in [5.41, 5.74) is 7.57. The van der Waals surface area contributed by atoms with Gasteiger partial charge in [-0.15, -0.1) is 0 Å². The summed E-state index contributed by atoms with van der Waals surface area (Å²) in [6.45, 7) is 1.98. The first-order chi connectivity index (χ1) is 8.59. The molecule has 18 heavy (non-hydrogen) atoms. The Labute approximate surface area is 104 Å². The van der Waals surface area contributed by atoms with Crippen molar-refractivity contribution >= 4 is 11.4 Å². The van der Waals surface area contributed by atoms with Crippen LogP contribution >= 0.6 is 0 Å². The maximum atomic E-state index is 10.8. The molecule has 2 rings (SSSR count). The Hall–Kier alpha value is -2.43. The molecule has 1 aromatic heterocycles. The first-order valence-corrected chi connectivity index (χ1v) is 5.53. The summed E-state index contributed by atoms with van der Waals surface area (Å²) >= 11 is 0. The summed E-state index contributed by atoms with van der Waals surface area (Å²) in [5.74, 6) is 0.0398. The van der Waals surface area contributed by atoms with E-state index in [1.807, 2.05) is 19.1 Å². The van der Waals surface area contributed by atoms with E-state index >= 15 is 0 Å². The van der Waals surface area contributed by atoms with E-state index in [2.05, 4.69) is 4.98 Å². The molecule has 0 spiro atoms. The minimum atomic E-state index is -0.463. The van der Waals surface area contributed by atoms with Crippen LogP contribution in [0.5, 0.6) is 0 Å². The van der Waals surface area contributed by atoms with E-state index in [-0.39, 0.29) is 17.3 Å².